The number of anilines is 3. The van der Waals surface area contributed by atoms with Gasteiger partial charge in [0.2, 0.25) is 5.95 Å². The first-order valence-corrected chi connectivity index (χ1v) is 9.62. The highest BCUT2D eigenvalue weighted by molar-refractivity contribution is 6.30. The van der Waals surface area contributed by atoms with Crippen molar-refractivity contribution < 1.29 is 0 Å². The molecule has 7 heteroatoms. The van der Waals surface area contributed by atoms with Crippen molar-refractivity contribution >= 4 is 40.1 Å². The molecule has 142 valence electrons. The van der Waals surface area contributed by atoms with Crippen LogP contribution in [0.2, 0.25) is 5.02 Å². The summed E-state index contributed by atoms with van der Waals surface area (Å²) in [7, 11) is 0. The van der Waals surface area contributed by atoms with Crippen LogP contribution in [-0.2, 0) is 0 Å². The molecule has 4 rings (SSSR count). The maximum Gasteiger partial charge on any atom is 0.226 e. The third kappa shape index (κ3) is 3.77. The van der Waals surface area contributed by atoms with Crippen LogP contribution in [-0.4, -0.2) is 25.8 Å². The summed E-state index contributed by atoms with van der Waals surface area (Å²) in [6, 6.07) is 17.7. The molecule has 0 spiro atoms. The van der Waals surface area contributed by atoms with Gasteiger partial charge < -0.3 is 10.6 Å². The summed E-state index contributed by atoms with van der Waals surface area (Å²) in [5, 5.41) is 12.8. The first-order valence-electron chi connectivity index (χ1n) is 9.24. The van der Waals surface area contributed by atoms with E-state index in [2.05, 4.69) is 29.6 Å². The molecule has 0 aliphatic carbocycles. The summed E-state index contributed by atoms with van der Waals surface area (Å²) in [5.41, 5.74) is 2.58. The molecule has 2 aromatic carbocycles. The number of para-hydroxylation sites is 1. The SMILES string of the molecule is CCC(C)Nc1nc(Nc2ccc(Cl)cc2)c2cnn(-c3ccccc3)c2n1. The molecule has 28 heavy (non-hydrogen) atoms. The predicted octanol–water partition coefficient (Wildman–Crippen LogP) is 5.42. The van der Waals surface area contributed by atoms with Gasteiger partial charge in [-0.1, -0.05) is 36.7 Å². The summed E-state index contributed by atoms with van der Waals surface area (Å²) >= 11 is 6.00. The highest BCUT2D eigenvalue weighted by Crippen LogP contribution is 2.27. The molecular weight excluding hydrogens is 372 g/mol. The predicted molar refractivity (Wildman–Crippen MR) is 115 cm³/mol. The van der Waals surface area contributed by atoms with E-state index in [1.807, 2.05) is 59.3 Å². The Hall–Kier alpha value is -3.12. The van der Waals surface area contributed by atoms with Gasteiger partial charge in [-0.05, 0) is 49.7 Å². The number of rotatable bonds is 6. The molecule has 2 aromatic heterocycles. The zero-order valence-electron chi connectivity index (χ0n) is 15.7. The smallest absolute Gasteiger partial charge is 0.226 e. The van der Waals surface area contributed by atoms with Crippen molar-refractivity contribution in [1.29, 1.82) is 0 Å². The average molecular weight is 393 g/mol. The van der Waals surface area contributed by atoms with Gasteiger partial charge in [0.05, 0.1) is 17.3 Å². The maximum absolute atomic E-state index is 6.00. The Morgan fingerprint density at radius 3 is 2.50 bits per heavy atom. The molecular formula is C21H21ClN6. The molecule has 0 bridgehead atoms. The molecule has 0 aliphatic rings. The van der Waals surface area contributed by atoms with Crippen molar-refractivity contribution in [3.8, 4) is 5.69 Å². The fourth-order valence-electron chi connectivity index (χ4n) is 2.82. The largest absolute Gasteiger partial charge is 0.352 e. The fourth-order valence-corrected chi connectivity index (χ4v) is 2.94. The topological polar surface area (TPSA) is 67.7 Å². The van der Waals surface area contributed by atoms with Crippen LogP contribution in [0.25, 0.3) is 16.7 Å². The highest BCUT2D eigenvalue weighted by atomic mass is 35.5. The minimum atomic E-state index is 0.258. The monoisotopic (exact) mass is 392 g/mol. The van der Waals surface area contributed by atoms with Crippen molar-refractivity contribution in [2.45, 2.75) is 26.3 Å². The maximum atomic E-state index is 6.00. The van der Waals surface area contributed by atoms with Gasteiger partial charge in [0.1, 0.15) is 5.82 Å². The molecule has 0 saturated carbocycles. The number of fused-ring (bicyclic) bond motifs is 1. The second-order valence-corrected chi connectivity index (χ2v) is 7.05. The van der Waals surface area contributed by atoms with Crippen LogP contribution in [0.1, 0.15) is 20.3 Å². The molecule has 0 aliphatic heterocycles. The Morgan fingerprint density at radius 1 is 1.04 bits per heavy atom. The van der Waals surface area contributed by atoms with Crippen LogP contribution >= 0.6 is 11.6 Å². The molecule has 1 unspecified atom stereocenters. The zero-order chi connectivity index (χ0) is 19.5. The van der Waals surface area contributed by atoms with Crippen LogP contribution in [0.15, 0.2) is 60.8 Å². The lowest BCUT2D eigenvalue weighted by molar-refractivity contribution is 0.753. The third-order valence-corrected chi connectivity index (χ3v) is 4.78. The van der Waals surface area contributed by atoms with E-state index in [0.717, 1.165) is 28.8 Å². The van der Waals surface area contributed by atoms with Crippen molar-refractivity contribution in [3.63, 3.8) is 0 Å². The summed E-state index contributed by atoms with van der Waals surface area (Å²) in [5.74, 6) is 1.26. The van der Waals surface area contributed by atoms with Crippen molar-refractivity contribution in [2.75, 3.05) is 10.6 Å². The van der Waals surface area contributed by atoms with E-state index in [-0.39, 0.29) is 6.04 Å². The van der Waals surface area contributed by atoms with Crippen LogP contribution in [0, 0.1) is 0 Å². The van der Waals surface area contributed by atoms with Crippen LogP contribution in [0.3, 0.4) is 0 Å². The number of benzene rings is 2. The van der Waals surface area contributed by atoms with E-state index >= 15 is 0 Å². The minimum absolute atomic E-state index is 0.258. The van der Waals surface area contributed by atoms with Gasteiger partial charge in [-0.2, -0.15) is 15.1 Å². The Morgan fingerprint density at radius 2 is 1.79 bits per heavy atom. The summed E-state index contributed by atoms with van der Waals surface area (Å²) in [4.78, 5) is 9.43. The summed E-state index contributed by atoms with van der Waals surface area (Å²) in [6.45, 7) is 4.23. The fraction of sp³-hybridized carbons (Fsp3) is 0.190. The minimum Gasteiger partial charge on any atom is -0.352 e. The Bertz CT molecular complexity index is 1080. The number of nitrogens with one attached hydrogen (secondary N) is 2. The van der Waals surface area contributed by atoms with Gasteiger partial charge >= 0.3 is 0 Å². The van der Waals surface area contributed by atoms with Gasteiger partial charge in [0.25, 0.3) is 0 Å². The van der Waals surface area contributed by atoms with Crippen molar-refractivity contribution in [2.24, 2.45) is 0 Å². The Kier molecular flexibility index (Phi) is 5.12. The lowest BCUT2D eigenvalue weighted by Crippen LogP contribution is -2.16. The second-order valence-electron chi connectivity index (χ2n) is 6.61. The van der Waals surface area contributed by atoms with E-state index in [4.69, 9.17) is 21.6 Å². The van der Waals surface area contributed by atoms with E-state index in [1.54, 1.807) is 6.20 Å². The number of halogens is 1. The highest BCUT2D eigenvalue weighted by Gasteiger charge is 2.15. The van der Waals surface area contributed by atoms with Gasteiger partial charge in [0.15, 0.2) is 5.65 Å². The van der Waals surface area contributed by atoms with Gasteiger partial charge in [-0.25, -0.2) is 4.68 Å². The molecule has 6 nitrogen and oxygen atoms in total. The zero-order valence-corrected chi connectivity index (χ0v) is 16.5. The second kappa shape index (κ2) is 7.86. The molecule has 0 saturated heterocycles. The Balaban J connectivity index is 1.82. The van der Waals surface area contributed by atoms with E-state index < -0.39 is 0 Å². The third-order valence-electron chi connectivity index (χ3n) is 4.52. The quantitative estimate of drug-likeness (QED) is 0.458. The molecule has 0 radical (unpaired) electrons. The van der Waals surface area contributed by atoms with Crippen molar-refractivity contribution in [3.05, 3.63) is 65.8 Å². The van der Waals surface area contributed by atoms with Crippen molar-refractivity contribution in [1.82, 2.24) is 19.7 Å². The molecule has 2 heterocycles. The lowest BCUT2D eigenvalue weighted by Gasteiger charge is -2.14. The van der Waals surface area contributed by atoms with Gasteiger partial charge in [-0.3, -0.25) is 0 Å². The number of hydrogen-bond donors (Lipinski definition) is 2. The van der Waals surface area contributed by atoms with Crippen LogP contribution in [0.5, 0.6) is 0 Å². The van der Waals surface area contributed by atoms with Crippen LogP contribution in [0.4, 0.5) is 17.5 Å². The van der Waals surface area contributed by atoms with E-state index in [9.17, 15) is 0 Å². The summed E-state index contributed by atoms with van der Waals surface area (Å²) < 4.78 is 1.83. The summed E-state index contributed by atoms with van der Waals surface area (Å²) in [6.07, 6.45) is 2.76. The van der Waals surface area contributed by atoms with Gasteiger partial charge in [0, 0.05) is 16.8 Å². The molecule has 1 atom stereocenters. The first-order chi connectivity index (χ1) is 13.6. The molecule has 0 amide bonds. The number of hydrogen-bond acceptors (Lipinski definition) is 5. The lowest BCUT2D eigenvalue weighted by atomic mass is 10.3. The van der Waals surface area contributed by atoms with Crippen LogP contribution < -0.4 is 10.6 Å². The molecule has 0 fully saturated rings. The average Bonchev–Trinajstić information content (AvgIpc) is 3.14. The first kappa shape index (κ1) is 18.3. The van der Waals surface area contributed by atoms with Gasteiger partial charge in [-0.15, -0.1) is 0 Å². The molecule has 2 N–H and O–H groups in total. The van der Waals surface area contributed by atoms with E-state index in [1.165, 1.54) is 0 Å². The molecule has 4 aromatic rings. The standard InChI is InChI=1S/C21H21ClN6/c1-3-14(2)24-21-26-19(25-16-11-9-15(22)10-12-16)18-13-23-28(20(18)27-21)17-7-5-4-6-8-17/h4-14H,3H2,1-2H3,(H2,24,25,26,27). The normalized spacial score (nSPS) is 12.1. The Labute approximate surface area is 168 Å². The number of aromatic nitrogens is 4. The van der Waals surface area contributed by atoms with E-state index in [0.29, 0.717) is 16.8 Å². The number of nitrogens with zero attached hydrogens (tertiary/aromatic N) is 4.